The summed E-state index contributed by atoms with van der Waals surface area (Å²) in [7, 11) is 1.86. The number of hydrogen-bond donors (Lipinski definition) is 1. The van der Waals surface area contributed by atoms with Gasteiger partial charge >= 0.3 is 0 Å². The van der Waals surface area contributed by atoms with Gasteiger partial charge < -0.3 is 5.32 Å². The molecule has 0 unspecified atom stereocenters. The van der Waals surface area contributed by atoms with Crippen molar-refractivity contribution in [2.45, 2.75) is 40.2 Å². The fourth-order valence-electron chi connectivity index (χ4n) is 3.13. The zero-order valence-corrected chi connectivity index (χ0v) is 16.9. The van der Waals surface area contributed by atoms with Gasteiger partial charge in [-0.3, -0.25) is 14.3 Å². The van der Waals surface area contributed by atoms with E-state index in [4.69, 9.17) is 0 Å². The molecule has 0 radical (unpaired) electrons. The minimum absolute atomic E-state index is 0.156. The molecule has 3 rings (SSSR count). The van der Waals surface area contributed by atoms with Crippen molar-refractivity contribution < 1.29 is 4.79 Å². The predicted octanol–water partition coefficient (Wildman–Crippen LogP) is 3.02. The summed E-state index contributed by atoms with van der Waals surface area (Å²) in [6.07, 6.45) is 0. The number of carbonyl (C=O) groups is 1. The van der Waals surface area contributed by atoms with Gasteiger partial charge in [0, 0.05) is 30.1 Å². The summed E-state index contributed by atoms with van der Waals surface area (Å²) < 4.78 is 2.95. The molecule has 7 nitrogen and oxygen atoms in total. The largest absolute Gasteiger partial charge is 0.324 e. The molecule has 2 heterocycles. The first-order valence-corrected chi connectivity index (χ1v) is 9.25. The van der Waals surface area contributed by atoms with Crippen LogP contribution in [-0.4, -0.2) is 25.5 Å². The van der Waals surface area contributed by atoms with Gasteiger partial charge in [-0.2, -0.15) is 10.2 Å². The summed E-state index contributed by atoms with van der Waals surface area (Å²) in [4.78, 5) is 24.6. The van der Waals surface area contributed by atoms with Gasteiger partial charge in [0.2, 0.25) is 5.91 Å². The molecule has 146 valence electrons. The maximum absolute atomic E-state index is 12.4. The van der Waals surface area contributed by atoms with Crippen LogP contribution in [0.3, 0.4) is 0 Å². The first-order chi connectivity index (χ1) is 13.3. The Morgan fingerprint density at radius 1 is 1.07 bits per heavy atom. The van der Waals surface area contributed by atoms with E-state index in [1.54, 1.807) is 10.7 Å². The van der Waals surface area contributed by atoms with Crippen LogP contribution in [-0.2, 0) is 18.4 Å². The van der Waals surface area contributed by atoms with Gasteiger partial charge in [0.15, 0.2) is 0 Å². The van der Waals surface area contributed by atoms with Gasteiger partial charge in [-0.1, -0.05) is 26.0 Å². The fraction of sp³-hybridized carbons (Fsp3) is 0.333. The first-order valence-electron chi connectivity index (χ1n) is 9.25. The molecular weight excluding hydrogens is 354 g/mol. The zero-order valence-electron chi connectivity index (χ0n) is 16.9. The maximum Gasteiger partial charge on any atom is 0.267 e. The highest BCUT2D eigenvalue weighted by atomic mass is 16.2. The quantitative estimate of drug-likeness (QED) is 0.739. The molecule has 3 aromatic rings. The fourth-order valence-corrected chi connectivity index (χ4v) is 3.13. The van der Waals surface area contributed by atoms with Crippen molar-refractivity contribution in [3.63, 3.8) is 0 Å². The molecule has 0 aliphatic carbocycles. The number of aryl methyl sites for hydroxylation is 2. The Balaban J connectivity index is 1.80. The summed E-state index contributed by atoms with van der Waals surface area (Å²) >= 11 is 0. The lowest BCUT2D eigenvalue weighted by Crippen LogP contribution is -2.29. The second-order valence-electron chi connectivity index (χ2n) is 7.21. The van der Waals surface area contributed by atoms with Gasteiger partial charge in [0.05, 0.1) is 11.4 Å². The van der Waals surface area contributed by atoms with Crippen LogP contribution in [0.4, 0.5) is 5.69 Å². The van der Waals surface area contributed by atoms with Crippen LogP contribution in [0.25, 0.3) is 11.3 Å². The Kier molecular flexibility index (Phi) is 5.44. The lowest BCUT2D eigenvalue weighted by Gasteiger charge is -2.10. The minimum atomic E-state index is -0.326. The van der Waals surface area contributed by atoms with Crippen LogP contribution in [0.5, 0.6) is 0 Å². The molecule has 0 saturated heterocycles. The number of anilines is 1. The third-order valence-corrected chi connectivity index (χ3v) is 4.79. The number of benzene rings is 1. The summed E-state index contributed by atoms with van der Waals surface area (Å²) in [5.74, 6) is 0.123. The Bertz CT molecular complexity index is 1060. The molecule has 7 heteroatoms. The molecular formula is C21H25N5O2. The van der Waals surface area contributed by atoms with E-state index in [1.807, 2.05) is 45.2 Å². The second-order valence-corrected chi connectivity index (χ2v) is 7.21. The average Bonchev–Trinajstić information content (AvgIpc) is 2.89. The molecule has 0 bridgehead atoms. The summed E-state index contributed by atoms with van der Waals surface area (Å²) in [5, 5.41) is 11.6. The highest BCUT2D eigenvalue weighted by molar-refractivity contribution is 5.90. The van der Waals surface area contributed by atoms with E-state index in [-0.39, 0.29) is 18.0 Å². The van der Waals surface area contributed by atoms with E-state index in [9.17, 15) is 9.59 Å². The lowest BCUT2D eigenvalue weighted by atomic mass is 10.0. The number of hydrogen-bond acceptors (Lipinski definition) is 4. The normalized spacial score (nSPS) is 11.1. The molecule has 1 amide bonds. The molecule has 0 spiro atoms. The molecule has 0 fully saturated rings. The Morgan fingerprint density at radius 2 is 1.75 bits per heavy atom. The monoisotopic (exact) mass is 379 g/mol. The number of nitrogens with zero attached hydrogens (tertiary/aromatic N) is 4. The molecule has 0 atom stereocenters. The van der Waals surface area contributed by atoms with E-state index < -0.39 is 0 Å². The smallest absolute Gasteiger partial charge is 0.267 e. The van der Waals surface area contributed by atoms with Crippen molar-refractivity contribution in [2.75, 3.05) is 5.32 Å². The van der Waals surface area contributed by atoms with Crippen LogP contribution < -0.4 is 10.9 Å². The van der Waals surface area contributed by atoms with Gasteiger partial charge in [-0.15, -0.1) is 0 Å². The van der Waals surface area contributed by atoms with E-state index >= 15 is 0 Å². The minimum Gasteiger partial charge on any atom is -0.324 e. The summed E-state index contributed by atoms with van der Waals surface area (Å²) in [6.45, 7) is 7.92. The second kappa shape index (κ2) is 7.80. The van der Waals surface area contributed by atoms with Gasteiger partial charge in [-0.05, 0) is 43.5 Å². The summed E-state index contributed by atoms with van der Waals surface area (Å²) in [5.41, 5.74) is 4.84. The number of nitrogens with one attached hydrogen (secondary N) is 1. The lowest BCUT2D eigenvalue weighted by molar-refractivity contribution is -0.117. The molecule has 1 N–H and O–H groups in total. The first kappa shape index (κ1) is 19.5. The molecule has 0 saturated carbocycles. The van der Waals surface area contributed by atoms with Crippen LogP contribution in [0.15, 0.2) is 41.2 Å². The molecule has 0 aliphatic heterocycles. The van der Waals surface area contributed by atoms with Gasteiger partial charge in [0.1, 0.15) is 6.54 Å². The molecule has 0 aliphatic rings. The van der Waals surface area contributed by atoms with Crippen molar-refractivity contribution in [2.24, 2.45) is 7.05 Å². The van der Waals surface area contributed by atoms with Crippen molar-refractivity contribution in [1.29, 1.82) is 0 Å². The van der Waals surface area contributed by atoms with E-state index in [1.165, 1.54) is 16.3 Å². The summed E-state index contributed by atoms with van der Waals surface area (Å²) in [6, 6.07) is 10.8. The van der Waals surface area contributed by atoms with Gasteiger partial charge in [-0.25, -0.2) is 4.68 Å². The maximum atomic E-state index is 12.4. The van der Waals surface area contributed by atoms with Crippen LogP contribution in [0.2, 0.25) is 0 Å². The van der Waals surface area contributed by atoms with E-state index in [0.717, 1.165) is 17.0 Å². The molecule has 28 heavy (non-hydrogen) atoms. The SMILES string of the molecule is Cc1nn(C)c(C)c1-c1ccc(=O)n(CC(=O)Nc2ccc(C(C)C)cc2)n1. The van der Waals surface area contributed by atoms with Crippen molar-refractivity contribution in [1.82, 2.24) is 19.6 Å². The number of rotatable bonds is 5. The van der Waals surface area contributed by atoms with Gasteiger partial charge in [0.25, 0.3) is 5.56 Å². The van der Waals surface area contributed by atoms with Crippen LogP contribution >= 0.6 is 0 Å². The van der Waals surface area contributed by atoms with Crippen molar-refractivity contribution >= 4 is 11.6 Å². The van der Waals surface area contributed by atoms with Crippen LogP contribution in [0, 0.1) is 13.8 Å². The predicted molar refractivity (Wildman–Crippen MR) is 109 cm³/mol. The Labute approximate surface area is 164 Å². The van der Waals surface area contributed by atoms with Crippen molar-refractivity contribution in [3.05, 3.63) is 63.7 Å². The Hall–Kier alpha value is -3.22. The average molecular weight is 379 g/mol. The van der Waals surface area contributed by atoms with Crippen LogP contribution in [0.1, 0.15) is 36.7 Å². The topological polar surface area (TPSA) is 81.8 Å². The molecule has 1 aromatic carbocycles. The van der Waals surface area contributed by atoms with Crippen molar-refractivity contribution in [3.8, 4) is 11.3 Å². The highest BCUT2D eigenvalue weighted by Crippen LogP contribution is 2.23. The van der Waals surface area contributed by atoms with E-state index in [2.05, 4.69) is 29.4 Å². The number of carbonyl (C=O) groups excluding carboxylic acids is 1. The Morgan fingerprint density at radius 3 is 2.32 bits per heavy atom. The number of amides is 1. The third kappa shape index (κ3) is 4.03. The standard InChI is InChI=1S/C21H25N5O2/c1-13(2)16-6-8-17(9-7-16)22-19(27)12-26-20(28)11-10-18(24-26)21-14(3)23-25(5)15(21)4/h6-11,13H,12H2,1-5H3,(H,22,27). The number of aromatic nitrogens is 4. The highest BCUT2D eigenvalue weighted by Gasteiger charge is 2.15. The zero-order chi connectivity index (χ0) is 20.4. The molecule has 2 aromatic heterocycles. The van der Waals surface area contributed by atoms with E-state index in [0.29, 0.717) is 17.3 Å². The third-order valence-electron chi connectivity index (χ3n) is 4.79.